The van der Waals surface area contributed by atoms with E-state index >= 15 is 0 Å². The number of hydrogen-bond acceptors (Lipinski definition) is 3. The fraction of sp³-hybridized carbons (Fsp3) is 0.800. The van der Waals surface area contributed by atoms with Crippen molar-refractivity contribution in [2.75, 3.05) is 5.75 Å². The summed E-state index contributed by atoms with van der Waals surface area (Å²) in [5.41, 5.74) is 0. The Morgan fingerprint density at radius 3 is 2.50 bits per heavy atom. The van der Waals surface area contributed by atoms with E-state index in [4.69, 9.17) is 5.11 Å². The Bertz CT molecular complexity index is 335. The second-order valence-corrected chi connectivity index (χ2v) is 5.23. The average Bonchev–Trinajstić information content (AvgIpc) is 2.59. The molecule has 104 valence electrons. The molecule has 0 saturated carbocycles. The zero-order valence-corrected chi connectivity index (χ0v) is 10.6. The maximum absolute atomic E-state index is 12.2. The molecule has 1 aliphatic rings. The van der Waals surface area contributed by atoms with Crippen LogP contribution in [0.1, 0.15) is 26.2 Å². The molecular formula is C10H14F3NO3S. The Morgan fingerprint density at radius 1 is 1.44 bits per heavy atom. The minimum absolute atomic E-state index is 0.142. The molecule has 1 fully saturated rings. The molecule has 2 atom stereocenters. The van der Waals surface area contributed by atoms with Crippen molar-refractivity contribution in [3.05, 3.63) is 0 Å². The molecular weight excluding hydrogens is 271 g/mol. The minimum atomic E-state index is -4.61. The molecule has 18 heavy (non-hydrogen) atoms. The number of rotatable bonds is 4. The number of alkyl halides is 3. The maximum Gasteiger partial charge on any atom is 0.397 e. The Balaban J connectivity index is 2.82. The highest BCUT2D eigenvalue weighted by Crippen LogP contribution is 2.34. The second kappa shape index (κ2) is 5.81. The molecule has 0 aliphatic carbocycles. The highest BCUT2D eigenvalue weighted by molar-refractivity contribution is 8.00. The van der Waals surface area contributed by atoms with Crippen LogP contribution in [0.5, 0.6) is 0 Å². The van der Waals surface area contributed by atoms with E-state index in [-0.39, 0.29) is 5.75 Å². The van der Waals surface area contributed by atoms with Gasteiger partial charge >= 0.3 is 12.1 Å². The van der Waals surface area contributed by atoms with Gasteiger partial charge in [0.15, 0.2) is 0 Å². The SMILES string of the molecule is CCCC1SCC(C(=O)O)N1C(=O)CC(F)(F)F. The summed E-state index contributed by atoms with van der Waals surface area (Å²) in [7, 11) is 0. The Hall–Kier alpha value is -0.920. The Labute approximate surface area is 107 Å². The fourth-order valence-electron chi connectivity index (χ4n) is 1.82. The first-order chi connectivity index (χ1) is 8.26. The molecule has 4 nitrogen and oxygen atoms in total. The normalized spacial score (nSPS) is 24.3. The first kappa shape index (κ1) is 15.1. The summed E-state index contributed by atoms with van der Waals surface area (Å²) in [5.74, 6) is -2.26. The third-order valence-corrected chi connectivity index (χ3v) is 3.91. The molecule has 1 aliphatic heterocycles. The smallest absolute Gasteiger partial charge is 0.397 e. The molecule has 0 bridgehead atoms. The van der Waals surface area contributed by atoms with Crippen LogP contribution in [0.15, 0.2) is 0 Å². The van der Waals surface area contributed by atoms with Crippen molar-refractivity contribution in [1.82, 2.24) is 4.90 Å². The number of amides is 1. The van der Waals surface area contributed by atoms with Gasteiger partial charge < -0.3 is 10.0 Å². The van der Waals surface area contributed by atoms with E-state index in [1.807, 2.05) is 6.92 Å². The molecule has 0 aromatic heterocycles. The lowest BCUT2D eigenvalue weighted by Gasteiger charge is -2.27. The number of thioether (sulfide) groups is 1. The fourth-order valence-corrected chi connectivity index (χ4v) is 3.36. The highest BCUT2D eigenvalue weighted by Gasteiger charge is 2.44. The molecule has 0 spiro atoms. The van der Waals surface area contributed by atoms with Gasteiger partial charge in [0.2, 0.25) is 5.91 Å². The summed E-state index contributed by atoms with van der Waals surface area (Å²) in [6.45, 7) is 1.83. The standard InChI is InChI=1S/C10H14F3NO3S/c1-2-3-8-14(6(5-18-8)9(16)17)7(15)4-10(11,12)13/h6,8H,2-5H2,1H3,(H,16,17). The van der Waals surface area contributed by atoms with Crippen LogP contribution in [-0.4, -0.2) is 45.2 Å². The minimum Gasteiger partial charge on any atom is -0.480 e. The maximum atomic E-state index is 12.2. The largest absolute Gasteiger partial charge is 0.480 e. The Morgan fingerprint density at radius 2 is 2.06 bits per heavy atom. The summed E-state index contributed by atoms with van der Waals surface area (Å²) in [5, 5.41) is 8.46. The summed E-state index contributed by atoms with van der Waals surface area (Å²) in [6, 6.07) is -1.15. The topological polar surface area (TPSA) is 57.6 Å². The van der Waals surface area contributed by atoms with Gasteiger partial charge in [-0.15, -0.1) is 11.8 Å². The van der Waals surface area contributed by atoms with Gasteiger partial charge in [0.1, 0.15) is 12.5 Å². The van der Waals surface area contributed by atoms with E-state index in [1.54, 1.807) is 0 Å². The summed E-state index contributed by atoms with van der Waals surface area (Å²) in [4.78, 5) is 23.4. The van der Waals surface area contributed by atoms with Crippen LogP contribution in [0.3, 0.4) is 0 Å². The van der Waals surface area contributed by atoms with E-state index in [0.29, 0.717) is 12.8 Å². The van der Waals surface area contributed by atoms with Gasteiger partial charge in [0.05, 0.1) is 5.37 Å². The lowest BCUT2D eigenvalue weighted by atomic mass is 10.2. The van der Waals surface area contributed by atoms with E-state index in [2.05, 4.69) is 0 Å². The lowest BCUT2D eigenvalue weighted by Crippen LogP contribution is -2.46. The average molecular weight is 285 g/mol. The molecule has 1 saturated heterocycles. The Kier molecular flexibility index (Phi) is 4.89. The van der Waals surface area contributed by atoms with Crippen molar-refractivity contribution in [1.29, 1.82) is 0 Å². The number of carbonyl (C=O) groups excluding carboxylic acids is 1. The van der Waals surface area contributed by atoms with Crippen molar-refractivity contribution in [3.8, 4) is 0 Å². The quantitative estimate of drug-likeness (QED) is 0.859. The number of halogens is 3. The number of hydrogen-bond donors (Lipinski definition) is 1. The molecule has 0 aromatic carbocycles. The monoisotopic (exact) mass is 285 g/mol. The van der Waals surface area contributed by atoms with Crippen LogP contribution >= 0.6 is 11.8 Å². The molecule has 0 radical (unpaired) electrons. The number of nitrogens with zero attached hydrogens (tertiary/aromatic N) is 1. The molecule has 8 heteroatoms. The van der Waals surface area contributed by atoms with E-state index in [1.165, 1.54) is 11.8 Å². The number of carboxylic acids is 1. The van der Waals surface area contributed by atoms with Crippen molar-refractivity contribution < 1.29 is 27.9 Å². The van der Waals surface area contributed by atoms with Crippen LogP contribution in [0.25, 0.3) is 0 Å². The van der Waals surface area contributed by atoms with E-state index in [0.717, 1.165) is 4.90 Å². The van der Waals surface area contributed by atoms with Gasteiger partial charge in [0.25, 0.3) is 0 Å². The molecule has 1 heterocycles. The number of aliphatic carboxylic acids is 1. The summed E-state index contributed by atoms with van der Waals surface area (Å²) < 4.78 is 36.6. The molecule has 0 aromatic rings. The first-order valence-electron chi connectivity index (χ1n) is 5.48. The second-order valence-electron chi connectivity index (χ2n) is 4.02. The first-order valence-corrected chi connectivity index (χ1v) is 6.53. The van der Waals surface area contributed by atoms with Crippen molar-refractivity contribution >= 4 is 23.6 Å². The summed E-state index contributed by atoms with van der Waals surface area (Å²) >= 11 is 1.22. The molecule has 2 unspecified atom stereocenters. The molecule has 1 amide bonds. The molecule has 1 N–H and O–H groups in total. The number of carbonyl (C=O) groups is 2. The van der Waals surface area contributed by atoms with Crippen molar-refractivity contribution in [2.24, 2.45) is 0 Å². The van der Waals surface area contributed by atoms with Gasteiger partial charge in [-0.3, -0.25) is 4.79 Å². The zero-order chi connectivity index (χ0) is 13.9. The predicted octanol–water partition coefficient (Wildman–Crippen LogP) is 2.09. The van der Waals surface area contributed by atoms with Crippen LogP contribution in [0.4, 0.5) is 13.2 Å². The predicted molar refractivity (Wildman–Crippen MR) is 60.1 cm³/mol. The highest BCUT2D eigenvalue weighted by atomic mass is 32.2. The third kappa shape index (κ3) is 3.79. The van der Waals surface area contributed by atoms with Crippen molar-refractivity contribution in [3.63, 3.8) is 0 Å². The number of carboxylic acid groups (broad SMARTS) is 1. The van der Waals surface area contributed by atoms with E-state index in [9.17, 15) is 22.8 Å². The van der Waals surface area contributed by atoms with Crippen LogP contribution in [-0.2, 0) is 9.59 Å². The lowest BCUT2D eigenvalue weighted by molar-refractivity contribution is -0.166. The van der Waals surface area contributed by atoms with Crippen LogP contribution in [0, 0.1) is 0 Å². The van der Waals surface area contributed by atoms with Crippen LogP contribution in [0.2, 0.25) is 0 Å². The van der Waals surface area contributed by atoms with Crippen LogP contribution < -0.4 is 0 Å². The van der Waals surface area contributed by atoms with Gasteiger partial charge in [0, 0.05) is 5.75 Å². The van der Waals surface area contributed by atoms with Gasteiger partial charge in [-0.05, 0) is 6.42 Å². The van der Waals surface area contributed by atoms with Gasteiger partial charge in [-0.2, -0.15) is 13.2 Å². The van der Waals surface area contributed by atoms with Gasteiger partial charge in [-0.25, -0.2) is 4.79 Å². The van der Waals surface area contributed by atoms with Gasteiger partial charge in [-0.1, -0.05) is 13.3 Å². The third-order valence-electron chi connectivity index (χ3n) is 2.55. The molecule has 1 rings (SSSR count). The summed E-state index contributed by atoms with van der Waals surface area (Å²) in [6.07, 6.45) is -5.03. The van der Waals surface area contributed by atoms with E-state index < -0.39 is 35.9 Å². The van der Waals surface area contributed by atoms with Crippen molar-refractivity contribution in [2.45, 2.75) is 43.8 Å². The zero-order valence-electron chi connectivity index (χ0n) is 9.74.